The molecule has 12 heteroatoms. The van der Waals surface area contributed by atoms with Crippen molar-refractivity contribution in [1.29, 1.82) is 0 Å². The van der Waals surface area contributed by atoms with Crippen LogP contribution >= 0.6 is 11.3 Å². The number of aliphatic carboxylic acids is 1. The molecule has 0 saturated carbocycles. The van der Waals surface area contributed by atoms with Gasteiger partial charge in [-0.05, 0) is 31.7 Å². The zero-order valence-electron chi connectivity index (χ0n) is 20.7. The van der Waals surface area contributed by atoms with E-state index >= 15 is 4.39 Å². The Morgan fingerprint density at radius 1 is 1.26 bits per heavy atom. The summed E-state index contributed by atoms with van der Waals surface area (Å²) < 4.78 is 40.5. The quantitative estimate of drug-likeness (QED) is 0.485. The van der Waals surface area contributed by atoms with Gasteiger partial charge in [0.2, 0.25) is 0 Å². The second kappa shape index (κ2) is 11.3. The number of piperidine rings is 1. The van der Waals surface area contributed by atoms with Gasteiger partial charge < -0.3 is 19.9 Å². The molecule has 5 rings (SSSR count). The van der Waals surface area contributed by atoms with E-state index in [9.17, 15) is 19.1 Å². The third-order valence-electron chi connectivity index (χ3n) is 7.11. The van der Waals surface area contributed by atoms with Gasteiger partial charge in [-0.25, -0.2) is 18.6 Å². The lowest BCUT2D eigenvalue weighted by Gasteiger charge is -2.49. The lowest BCUT2D eigenvalue weighted by atomic mass is 9.82. The largest absolute Gasteiger partial charge is 0.481 e. The predicted molar refractivity (Wildman–Crippen MR) is 135 cm³/mol. The van der Waals surface area contributed by atoms with Crippen molar-refractivity contribution in [2.75, 3.05) is 26.4 Å². The zero-order chi connectivity index (χ0) is 26.8. The van der Waals surface area contributed by atoms with Gasteiger partial charge in [0.05, 0.1) is 25.4 Å². The number of fused-ring (bicyclic) bond motifs is 2. The molecule has 2 saturated heterocycles. The van der Waals surface area contributed by atoms with Gasteiger partial charge in [-0.2, -0.15) is 0 Å². The molecular formula is C26H28F2N4O5S. The Hall–Kier alpha value is -3.22. The van der Waals surface area contributed by atoms with E-state index in [2.05, 4.69) is 20.2 Å². The van der Waals surface area contributed by atoms with Crippen LogP contribution < -0.4 is 5.32 Å². The fraction of sp³-hybridized carbons (Fsp3) is 0.462. The number of carboxylic acids is 1. The summed E-state index contributed by atoms with van der Waals surface area (Å²) in [5.41, 5.74) is 0.485. The Morgan fingerprint density at radius 3 is 2.68 bits per heavy atom. The minimum Gasteiger partial charge on any atom is -0.481 e. The summed E-state index contributed by atoms with van der Waals surface area (Å²) in [6.45, 7) is 2.90. The number of carboxylic acid groups (broad SMARTS) is 1. The molecule has 4 atom stereocenters. The number of hydrogen-bond acceptors (Lipinski definition) is 9. The molecule has 3 aliphatic heterocycles. The van der Waals surface area contributed by atoms with Crippen LogP contribution in [0.1, 0.15) is 42.8 Å². The molecule has 38 heavy (non-hydrogen) atoms. The molecule has 3 aliphatic rings. The van der Waals surface area contributed by atoms with E-state index < -0.39 is 29.6 Å². The number of hydrogen-bond donors (Lipinski definition) is 2. The summed E-state index contributed by atoms with van der Waals surface area (Å²) in [5.74, 6) is -3.24. The van der Waals surface area contributed by atoms with Gasteiger partial charge in [-0.15, -0.1) is 11.3 Å². The summed E-state index contributed by atoms with van der Waals surface area (Å²) in [5, 5.41) is 14.9. The van der Waals surface area contributed by atoms with Crippen molar-refractivity contribution >= 4 is 29.1 Å². The summed E-state index contributed by atoms with van der Waals surface area (Å²) in [4.78, 5) is 35.8. The summed E-state index contributed by atoms with van der Waals surface area (Å²) >= 11 is 1.32. The van der Waals surface area contributed by atoms with Crippen LogP contribution in [0.3, 0.4) is 0 Å². The highest BCUT2D eigenvalue weighted by Gasteiger charge is 2.42. The van der Waals surface area contributed by atoms with Gasteiger partial charge in [0.25, 0.3) is 0 Å². The van der Waals surface area contributed by atoms with Gasteiger partial charge in [-0.3, -0.25) is 14.7 Å². The highest BCUT2D eigenvalue weighted by molar-refractivity contribution is 7.11. The molecule has 9 nitrogen and oxygen atoms in total. The van der Waals surface area contributed by atoms with Crippen LogP contribution in [0.4, 0.5) is 8.78 Å². The van der Waals surface area contributed by atoms with Crippen molar-refractivity contribution < 1.29 is 33.0 Å². The van der Waals surface area contributed by atoms with Crippen molar-refractivity contribution in [3.8, 4) is 0 Å². The maximum Gasteiger partial charge on any atom is 0.338 e. The molecule has 2 fully saturated rings. The van der Waals surface area contributed by atoms with Crippen LogP contribution in [0.25, 0.3) is 0 Å². The maximum atomic E-state index is 15.1. The van der Waals surface area contributed by atoms with Gasteiger partial charge in [-0.1, -0.05) is 12.1 Å². The van der Waals surface area contributed by atoms with Crippen LogP contribution in [0.5, 0.6) is 0 Å². The van der Waals surface area contributed by atoms with E-state index in [1.807, 2.05) is 0 Å². The van der Waals surface area contributed by atoms with Crippen molar-refractivity contribution in [1.82, 2.24) is 15.2 Å². The molecule has 1 unspecified atom stereocenters. The van der Waals surface area contributed by atoms with Crippen LogP contribution in [0.15, 0.2) is 46.0 Å². The van der Waals surface area contributed by atoms with Crippen molar-refractivity contribution in [3.05, 3.63) is 63.3 Å². The third-order valence-corrected chi connectivity index (χ3v) is 7.89. The van der Waals surface area contributed by atoms with E-state index in [4.69, 9.17) is 9.47 Å². The van der Waals surface area contributed by atoms with Crippen LogP contribution in [0, 0.1) is 17.6 Å². The van der Waals surface area contributed by atoms with Crippen molar-refractivity contribution in [2.24, 2.45) is 10.9 Å². The Kier molecular flexibility index (Phi) is 7.82. The molecule has 4 heterocycles. The number of nitrogens with zero attached hydrogens (tertiary/aromatic N) is 3. The monoisotopic (exact) mass is 546 g/mol. The summed E-state index contributed by atoms with van der Waals surface area (Å²) in [6.07, 6.45) is 2.99. The van der Waals surface area contributed by atoms with E-state index in [0.29, 0.717) is 42.6 Å². The Balaban J connectivity index is 1.56. The highest BCUT2D eigenvalue weighted by atomic mass is 32.1. The molecule has 2 N–H and O–H groups in total. The Bertz CT molecular complexity index is 1250. The molecule has 1 aromatic heterocycles. The first-order chi connectivity index (χ1) is 18.4. The zero-order valence-corrected chi connectivity index (χ0v) is 21.5. The average molecular weight is 547 g/mol. The number of rotatable bonds is 8. The number of aliphatic imine (C=N–C) groups is 1. The summed E-state index contributed by atoms with van der Waals surface area (Å²) in [6, 6.07) is 2.54. The van der Waals surface area contributed by atoms with E-state index in [1.54, 1.807) is 18.5 Å². The normalized spacial score (nSPS) is 25.5. The first kappa shape index (κ1) is 26.4. The number of esters is 1. The van der Waals surface area contributed by atoms with Crippen molar-refractivity contribution in [3.63, 3.8) is 0 Å². The topological polar surface area (TPSA) is 113 Å². The summed E-state index contributed by atoms with van der Waals surface area (Å²) in [7, 11) is 0. The molecule has 0 amide bonds. The van der Waals surface area contributed by atoms with Crippen LogP contribution in [-0.2, 0) is 19.1 Å². The second-order valence-corrected chi connectivity index (χ2v) is 10.4. The fourth-order valence-electron chi connectivity index (χ4n) is 5.53. The molecular weight excluding hydrogens is 518 g/mol. The van der Waals surface area contributed by atoms with Gasteiger partial charge >= 0.3 is 11.9 Å². The van der Waals surface area contributed by atoms with Crippen molar-refractivity contribution in [2.45, 2.75) is 44.3 Å². The molecule has 0 aliphatic carbocycles. The molecule has 0 radical (unpaired) electrons. The van der Waals surface area contributed by atoms with Gasteiger partial charge in [0.1, 0.15) is 6.04 Å². The molecule has 2 aromatic rings. The lowest BCUT2D eigenvalue weighted by molar-refractivity contribution is -0.141. The first-order valence-electron chi connectivity index (χ1n) is 12.5. The molecule has 2 bridgehead atoms. The number of ether oxygens (including phenoxy) is 2. The fourth-order valence-corrected chi connectivity index (χ4v) is 6.12. The van der Waals surface area contributed by atoms with Gasteiger partial charge in [0.15, 0.2) is 22.5 Å². The maximum absolute atomic E-state index is 15.1. The Morgan fingerprint density at radius 2 is 2.03 bits per heavy atom. The smallest absolute Gasteiger partial charge is 0.338 e. The third kappa shape index (κ3) is 5.33. The SMILES string of the molecule is CCOC(=O)C1=C(CN2[C@@H]3COC[C@H]2CC(CC(=O)O)C3)NC(c2nccs2)=N[C@H]1c1cccc(F)c1F. The standard InChI is InChI=1S/C26H28F2N4O5S/c1-2-37-26(35)21-19(11-32-15-8-14(10-20(33)34)9-16(32)13-36-12-15)30-24(25-29-6-7-38-25)31-23(21)17-4-3-5-18(27)22(17)28/h3-7,14-16,23H,2,8-13H2,1H3,(H,30,31)(H,33,34)/t14?,15-,16+,23-/m0/s1. The van der Waals surface area contributed by atoms with Gasteiger partial charge in [0, 0.05) is 47.9 Å². The Labute approximate surface area is 222 Å². The number of nitrogens with one attached hydrogen (secondary N) is 1. The van der Waals surface area contributed by atoms with E-state index in [-0.39, 0.29) is 48.7 Å². The number of carbonyl (C=O) groups is 2. The van der Waals surface area contributed by atoms with E-state index in [0.717, 1.165) is 6.07 Å². The number of carbonyl (C=O) groups excluding carboxylic acids is 1. The first-order valence-corrected chi connectivity index (χ1v) is 13.4. The number of thiazole rings is 1. The lowest BCUT2D eigenvalue weighted by Crippen LogP contribution is -2.58. The number of halogens is 2. The number of amidine groups is 1. The number of benzene rings is 1. The highest BCUT2D eigenvalue weighted by Crippen LogP contribution is 2.38. The number of morpholine rings is 1. The minimum atomic E-state index is -1.15. The molecule has 202 valence electrons. The average Bonchev–Trinajstić information content (AvgIpc) is 3.41. The second-order valence-electron chi connectivity index (χ2n) is 9.55. The molecule has 0 spiro atoms. The van der Waals surface area contributed by atoms with Crippen LogP contribution in [-0.4, -0.2) is 71.2 Å². The van der Waals surface area contributed by atoms with E-state index in [1.165, 1.54) is 23.5 Å². The predicted octanol–water partition coefficient (Wildman–Crippen LogP) is 3.28. The number of aromatic nitrogens is 1. The van der Waals surface area contributed by atoms with Crippen LogP contribution in [0.2, 0.25) is 0 Å². The minimum absolute atomic E-state index is 0.0297. The molecule has 1 aromatic carbocycles.